The molecule has 0 aliphatic carbocycles. The molecule has 0 fully saturated rings. The van der Waals surface area contributed by atoms with Gasteiger partial charge in [-0.15, -0.1) is 0 Å². The minimum atomic E-state index is -1.05. The number of para-hydroxylation sites is 1. The molecule has 0 aliphatic rings. The summed E-state index contributed by atoms with van der Waals surface area (Å²) in [7, 11) is 0. The summed E-state index contributed by atoms with van der Waals surface area (Å²) in [6, 6.07) is 24.3. The molecule has 3 rings (SSSR count). The molecule has 2 N–H and O–H groups in total. The van der Waals surface area contributed by atoms with Crippen LogP contribution in [0.4, 0.5) is 0 Å². The summed E-state index contributed by atoms with van der Waals surface area (Å²) in [6.45, 7) is 2.43. The molecule has 36 heavy (non-hydrogen) atoms. The Labute approximate surface area is 211 Å². The van der Waals surface area contributed by atoms with E-state index in [1.54, 1.807) is 17.0 Å². The molecule has 0 saturated carbocycles. The van der Waals surface area contributed by atoms with E-state index in [2.05, 4.69) is 12.2 Å². The minimum Gasteiger partial charge on any atom is -0.481 e. The van der Waals surface area contributed by atoms with Crippen LogP contribution in [0, 0.1) is 0 Å². The smallest absolute Gasteiger partial charge is 0.341 e. The molecule has 0 bridgehead atoms. The van der Waals surface area contributed by atoms with Gasteiger partial charge in [0.05, 0.1) is 13.0 Å². The summed E-state index contributed by atoms with van der Waals surface area (Å²) in [4.78, 5) is 38.3. The van der Waals surface area contributed by atoms with E-state index in [1.807, 2.05) is 66.7 Å². The number of carboxylic acid groups (broad SMARTS) is 1. The lowest BCUT2D eigenvalue weighted by atomic mass is 10.0. The van der Waals surface area contributed by atoms with Gasteiger partial charge in [0.2, 0.25) is 11.8 Å². The summed E-state index contributed by atoms with van der Waals surface area (Å²) in [5.41, 5.74) is 3.32. The quantitative estimate of drug-likeness (QED) is 0.350. The average molecular weight is 489 g/mol. The van der Waals surface area contributed by atoms with Crippen molar-refractivity contribution in [1.82, 2.24) is 10.2 Å². The van der Waals surface area contributed by atoms with E-state index in [9.17, 15) is 14.4 Å². The Morgan fingerprint density at radius 2 is 1.64 bits per heavy atom. The molecule has 0 spiro atoms. The summed E-state index contributed by atoms with van der Waals surface area (Å²) in [5.74, 6) is -0.913. The van der Waals surface area contributed by atoms with Gasteiger partial charge in [-0.25, -0.2) is 4.79 Å². The molecule has 0 saturated heterocycles. The van der Waals surface area contributed by atoms with Gasteiger partial charge >= 0.3 is 5.97 Å². The standard InChI is InChI=1S/C29H32N2O5/c1-2-3-16-30-27(32)20-31(28(33)18-22-10-5-4-6-11-22)19-23-12-9-13-24(17-23)25-14-7-8-15-26(25)36-21-29(34)35/h4-15,17H,2-3,16,18-21H2,1H3,(H,30,32)(H,34,35). The first-order chi connectivity index (χ1) is 17.5. The van der Waals surface area contributed by atoms with E-state index >= 15 is 0 Å². The molecule has 188 valence electrons. The van der Waals surface area contributed by atoms with E-state index in [0.29, 0.717) is 12.3 Å². The number of rotatable bonds is 13. The second-order valence-corrected chi connectivity index (χ2v) is 8.49. The van der Waals surface area contributed by atoms with Gasteiger partial charge < -0.3 is 20.1 Å². The second-order valence-electron chi connectivity index (χ2n) is 8.49. The van der Waals surface area contributed by atoms with Crippen LogP contribution >= 0.6 is 0 Å². The van der Waals surface area contributed by atoms with Crippen molar-refractivity contribution in [3.05, 3.63) is 90.0 Å². The first-order valence-corrected chi connectivity index (χ1v) is 12.1. The SMILES string of the molecule is CCCCNC(=O)CN(Cc1cccc(-c2ccccc2OCC(=O)O)c1)C(=O)Cc1ccccc1. The normalized spacial score (nSPS) is 10.5. The third-order valence-electron chi connectivity index (χ3n) is 5.59. The highest BCUT2D eigenvalue weighted by Crippen LogP contribution is 2.30. The van der Waals surface area contributed by atoms with Gasteiger partial charge in [-0.2, -0.15) is 0 Å². The average Bonchev–Trinajstić information content (AvgIpc) is 2.88. The van der Waals surface area contributed by atoms with E-state index < -0.39 is 12.6 Å². The van der Waals surface area contributed by atoms with Crippen molar-refractivity contribution in [3.8, 4) is 16.9 Å². The summed E-state index contributed by atoms with van der Waals surface area (Å²) >= 11 is 0. The third kappa shape index (κ3) is 8.27. The van der Waals surface area contributed by atoms with Crippen molar-refractivity contribution < 1.29 is 24.2 Å². The largest absolute Gasteiger partial charge is 0.481 e. The van der Waals surface area contributed by atoms with Gasteiger partial charge in [0.15, 0.2) is 6.61 Å². The zero-order valence-corrected chi connectivity index (χ0v) is 20.5. The van der Waals surface area contributed by atoms with Crippen LogP contribution in [0.3, 0.4) is 0 Å². The van der Waals surface area contributed by atoms with Crippen LogP contribution < -0.4 is 10.1 Å². The molecule has 3 aromatic rings. The fourth-order valence-corrected chi connectivity index (χ4v) is 3.78. The number of nitrogens with zero attached hydrogens (tertiary/aromatic N) is 1. The maximum atomic E-state index is 13.2. The molecule has 0 aliphatic heterocycles. The number of amides is 2. The third-order valence-corrected chi connectivity index (χ3v) is 5.59. The van der Waals surface area contributed by atoms with E-state index in [1.165, 1.54) is 0 Å². The Hall–Kier alpha value is -4.13. The first kappa shape index (κ1) is 26.5. The molecular weight excluding hydrogens is 456 g/mol. The predicted octanol–water partition coefficient (Wildman–Crippen LogP) is 4.30. The number of hydrogen-bond acceptors (Lipinski definition) is 4. The van der Waals surface area contributed by atoms with Crippen molar-refractivity contribution >= 4 is 17.8 Å². The van der Waals surface area contributed by atoms with Crippen molar-refractivity contribution in [1.29, 1.82) is 0 Å². The lowest BCUT2D eigenvalue weighted by Crippen LogP contribution is -2.41. The fraction of sp³-hybridized carbons (Fsp3) is 0.276. The van der Waals surface area contributed by atoms with Gasteiger partial charge in [0, 0.05) is 18.7 Å². The van der Waals surface area contributed by atoms with Gasteiger partial charge in [-0.1, -0.05) is 80.1 Å². The van der Waals surface area contributed by atoms with E-state index in [-0.39, 0.29) is 31.3 Å². The van der Waals surface area contributed by atoms with E-state index in [4.69, 9.17) is 9.84 Å². The Bertz CT molecular complexity index is 1160. The number of carbonyl (C=O) groups is 3. The van der Waals surface area contributed by atoms with Crippen molar-refractivity contribution in [2.24, 2.45) is 0 Å². The van der Waals surface area contributed by atoms with Gasteiger partial charge in [-0.05, 0) is 35.2 Å². The van der Waals surface area contributed by atoms with Crippen LogP contribution in [0.5, 0.6) is 5.75 Å². The number of hydrogen-bond donors (Lipinski definition) is 2. The molecule has 7 heteroatoms. The van der Waals surface area contributed by atoms with Gasteiger partial charge in [-0.3, -0.25) is 9.59 Å². The zero-order chi connectivity index (χ0) is 25.8. The zero-order valence-electron chi connectivity index (χ0n) is 20.5. The van der Waals surface area contributed by atoms with Crippen LogP contribution in [0.15, 0.2) is 78.9 Å². The van der Waals surface area contributed by atoms with Crippen molar-refractivity contribution in [2.75, 3.05) is 19.7 Å². The Kier molecular flexibility index (Phi) is 10.1. The lowest BCUT2D eigenvalue weighted by molar-refractivity contribution is -0.139. The summed E-state index contributed by atoms with van der Waals surface area (Å²) < 4.78 is 5.46. The fourth-order valence-electron chi connectivity index (χ4n) is 3.78. The van der Waals surface area contributed by atoms with Crippen LogP contribution in [-0.2, 0) is 27.3 Å². The molecule has 0 radical (unpaired) electrons. The van der Waals surface area contributed by atoms with Crippen molar-refractivity contribution in [3.63, 3.8) is 0 Å². The first-order valence-electron chi connectivity index (χ1n) is 12.1. The maximum Gasteiger partial charge on any atom is 0.341 e. The number of unbranched alkanes of at least 4 members (excludes halogenated alkanes) is 1. The van der Waals surface area contributed by atoms with Crippen molar-refractivity contribution in [2.45, 2.75) is 32.7 Å². The Morgan fingerprint density at radius 3 is 2.39 bits per heavy atom. The number of ether oxygens (including phenoxy) is 1. The van der Waals surface area contributed by atoms with Crippen LogP contribution in [0.2, 0.25) is 0 Å². The lowest BCUT2D eigenvalue weighted by Gasteiger charge is -2.23. The summed E-state index contributed by atoms with van der Waals surface area (Å²) in [5, 5.41) is 11.9. The highest BCUT2D eigenvalue weighted by Gasteiger charge is 2.19. The number of carbonyl (C=O) groups excluding carboxylic acids is 2. The molecule has 3 aromatic carbocycles. The van der Waals surface area contributed by atoms with Crippen LogP contribution in [0.1, 0.15) is 30.9 Å². The number of carboxylic acids is 1. The molecule has 0 heterocycles. The number of aliphatic carboxylic acids is 1. The van der Waals surface area contributed by atoms with Crippen LogP contribution in [0.25, 0.3) is 11.1 Å². The van der Waals surface area contributed by atoms with Gasteiger partial charge in [0.1, 0.15) is 5.75 Å². The Morgan fingerprint density at radius 1 is 0.917 bits per heavy atom. The molecule has 2 amide bonds. The molecule has 0 unspecified atom stereocenters. The molecular formula is C29H32N2O5. The topological polar surface area (TPSA) is 95.9 Å². The summed E-state index contributed by atoms with van der Waals surface area (Å²) in [6.07, 6.45) is 2.06. The second kappa shape index (κ2) is 13.7. The van der Waals surface area contributed by atoms with E-state index in [0.717, 1.165) is 35.1 Å². The highest BCUT2D eigenvalue weighted by molar-refractivity contribution is 5.86. The minimum absolute atomic E-state index is 0.0298. The highest BCUT2D eigenvalue weighted by atomic mass is 16.5. The number of benzene rings is 3. The molecule has 0 atom stereocenters. The Balaban J connectivity index is 1.81. The van der Waals surface area contributed by atoms with Crippen LogP contribution in [-0.4, -0.2) is 47.5 Å². The predicted molar refractivity (Wildman–Crippen MR) is 138 cm³/mol. The number of nitrogens with one attached hydrogen (secondary N) is 1. The monoisotopic (exact) mass is 488 g/mol. The molecule has 0 aromatic heterocycles. The maximum absolute atomic E-state index is 13.2. The van der Waals surface area contributed by atoms with Gasteiger partial charge in [0.25, 0.3) is 0 Å². The molecule has 7 nitrogen and oxygen atoms in total.